The van der Waals surface area contributed by atoms with Gasteiger partial charge in [0, 0.05) is 0 Å². The van der Waals surface area contributed by atoms with E-state index < -0.39 is 18.5 Å². The van der Waals surface area contributed by atoms with Gasteiger partial charge in [-0.2, -0.15) is 0 Å². The van der Waals surface area contributed by atoms with Gasteiger partial charge in [0.25, 0.3) is 0 Å². The second-order valence-electron chi connectivity index (χ2n) is 3.66. The molecule has 0 aromatic heterocycles. The van der Waals surface area contributed by atoms with Crippen molar-refractivity contribution in [3.05, 3.63) is 29.6 Å². The van der Waals surface area contributed by atoms with E-state index in [1.54, 1.807) is 0 Å². The van der Waals surface area contributed by atoms with Crippen LogP contribution >= 0.6 is 0 Å². The minimum atomic E-state index is -1.79. The lowest BCUT2D eigenvalue weighted by Crippen LogP contribution is -2.38. The Kier molecular flexibility index (Phi) is 2.94. The first-order valence-electron chi connectivity index (χ1n) is 4.21. The van der Waals surface area contributed by atoms with E-state index in [0.29, 0.717) is 5.56 Å². The summed E-state index contributed by atoms with van der Waals surface area (Å²) in [5.41, 5.74) is -0.946. The molecular weight excluding hydrogens is 186 g/mol. The second kappa shape index (κ2) is 3.69. The largest absolute Gasteiger partial charge is 0.488 e. The molecule has 0 saturated heterocycles. The summed E-state index contributed by atoms with van der Waals surface area (Å²) in [5.74, 6) is -0.568. The Hall–Kier alpha value is -0.905. The van der Waals surface area contributed by atoms with Crippen molar-refractivity contribution in [1.29, 1.82) is 0 Å². The third kappa shape index (κ3) is 2.32. The SMILES string of the molecule is CC(C)(O)c1ccc(F)cc1B(O)O. The minimum Gasteiger partial charge on any atom is -0.423 e. The molecule has 0 unspecified atom stereocenters. The van der Waals surface area contributed by atoms with Crippen molar-refractivity contribution in [2.75, 3.05) is 0 Å². The highest BCUT2D eigenvalue weighted by Crippen LogP contribution is 2.18. The Morgan fingerprint density at radius 3 is 2.29 bits per heavy atom. The number of rotatable bonds is 2. The fourth-order valence-corrected chi connectivity index (χ4v) is 1.30. The lowest BCUT2D eigenvalue weighted by atomic mass is 9.73. The van der Waals surface area contributed by atoms with Gasteiger partial charge in [0.05, 0.1) is 5.60 Å². The van der Waals surface area contributed by atoms with E-state index in [4.69, 9.17) is 10.0 Å². The Balaban J connectivity index is 3.29. The Morgan fingerprint density at radius 1 is 1.29 bits per heavy atom. The van der Waals surface area contributed by atoms with Gasteiger partial charge >= 0.3 is 7.12 Å². The zero-order valence-corrected chi connectivity index (χ0v) is 8.03. The Bertz CT molecular complexity index is 333. The van der Waals surface area contributed by atoms with Crippen LogP contribution in [0.25, 0.3) is 0 Å². The molecular formula is C9H12BFO3. The van der Waals surface area contributed by atoms with Crippen LogP contribution in [0.15, 0.2) is 18.2 Å². The molecule has 0 atom stereocenters. The first-order chi connectivity index (χ1) is 6.32. The summed E-state index contributed by atoms with van der Waals surface area (Å²) >= 11 is 0. The smallest absolute Gasteiger partial charge is 0.423 e. The fraction of sp³-hybridized carbons (Fsp3) is 0.333. The number of hydrogen-bond acceptors (Lipinski definition) is 3. The third-order valence-corrected chi connectivity index (χ3v) is 1.95. The number of aliphatic hydroxyl groups is 1. The lowest BCUT2D eigenvalue weighted by Gasteiger charge is -2.21. The summed E-state index contributed by atoms with van der Waals surface area (Å²) in [5, 5.41) is 27.6. The first kappa shape index (κ1) is 11.2. The molecule has 0 radical (unpaired) electrons. The van der Waals surface area contributed by atoms with Gasteiger partial charge in [-0.3, -0.25) is 0 Å². The van der Waals surface area contributed by atoms with Gasteiger partial charge in [0.15, 0.2) is 0 Å². The average Bonchev–Trinajstić information content (AvgIpc) is 2.01. The van der Waals surface area contributed by atoms with Crippen LogP contribution in [0.2, 0.25) is 0 Å². The normalized spacial score (nSPS) is 11.6. The predicted molar refractivity (Wildman–Crippen MR) is 51.5 cm³/mol. The Labute approximate surface area is 82.0 Å². The van der Waals surface area contributed by atoms with Gasteiger partial charge in [0.2, 0.25) is 0 Å². The fourth-order valence-electron chi connectivity index (χ4n) is 1.30. The monoisotopic (exact) mass is 198 g/mol. The van der Waals surface area contributed by atoms with Crippen molar-refractivity contribution in [1.82, 2.24) is 0 Å². The van der Waals surface area contributed by atoms with Crippen LogP contribution in [0.4, 0.5) is 4.39 Å². The molecule has 0 fully saturated rings. The standard InChI is InChI=1S/C9H12BFO3/c1-9(2,12)7-4-3-6(11)5-8(7)10(13)14/h3-5,12-14H,1-2H3. The summed E-state index contributed by atoms with van der Waals surface area (Å²) in [7, 11) is -1.79. The first-order valence-corrected chi connectivity index (χ1v) is 4.21. The maximum atomic E-state index is 12.8. The highest BCUT2D eigenvalue weighted by Gasteiger charge is 2.25. The van der Waals surface area contributed by atoms with Gasteiger partial charge in [-0.1, -0.05) is 6.07 Å². The van der Waals surface area contributed by atoms with Crippen LogP contribution in [0.5, 0.6) is 0 Å². The molecule has 0 amide bonds. The van der Waals surface area contributed by atoms with E-state index in [1.807, 2.05) is 0 Å². The quantitative estimate of drug-likeness (QED) is 0.573. The summed E-state index contributed by atoms with van der Waals surface area (Å²) < 4.78 is 12.8. The van der Waals surface area contributed by atoms with Gasteiger partial charge in [0.1, 0.15) is 5.82 Å². The van der Waals surface area contributed by atoms with Crippen molar-refractivity contribution in [2.45, 2.75) is 19.4 Å². The molecule has 0 aliphatic carbocycles. The van der Waals surface area contributed by atoms with Crippen molar-refractivity contribution < 1.29 is 19.5 Å². The van der Waals surface area contributed by atoms with Crippen LogP contribution < -0.4 is 5.46 Å². The number of halogens is 1. The minimum absolute atomic E-state index is 0.0162. The van der Waals surface area contributed by atoms with E-state index >= 15 is 0 Å². The van der Waals surface area contributed by atoms with Gasteiger partial charge < -0.3 is 15.2 Å². The Morgan fingerprint density at radius 2 is 1.86 bits per heavy atom. The van der Waals surface area contributed by atoms with E-state index in [2.05, 4.69) is 0 Å². The van der Waals surface area contributed by atoms with E-state index in [1.165, 1.54) is 26.0 Å². The van der Waals surface area contributed by atoms with Crippen molar-refractivity contribution in [2.24, 2.45) is 0 Å². The lowest BCUT2D eigenvalue weighted by molar-refractivity contribution is 0.0793. The highest BCUT2D eigenvalue weighted by atomic mass is 19.1. The number of benzene rings is 1. The zero-order chi connectivity index (χ0) is 10.9. The van der Waals surface area contributed by atoms with Crippen LogP contribution in [0.3, 0.4) is 0 Å². The zero-order valence-electron chi connectivity index (χ0n) is 8.03. The molecule has 0 bridgehead atoms. The topological polar surface area (TPSA) is 60.7 Å². The molecule has 1 aromatic rings. The molecule has 1 rings (SSSR count). The average molecular weight is 198 g/mol. The highest BCUT2D eigenvalue weighted by molar-refractivity contribution is 6.59. The van der Waals surface area contributed by atoms with Crippen LogP contribution in [-0.2, 0) is 5.60 Å². The van der Waals surface area contributed by atoms with Crippen LogP contribution in [0, 0.1) is 5.82 Å². The molecule has 0 aliphatic heterocycles. The van der Waals surface area contributed by atoms with E-state index in [9.17, 15) is 9.50 Å². The molecule has 0 saturated carbocycles. The van der Waals surface area contributed by atoms with Crippen molar-refractivity contribution in [3.63, 3.8) is 0 Å². The van der Waals surface area contributed by atoms with Gasteiger partial charge in [-0.25, -0.2) is 4.39 Å². The third-order valence-electron chi connectivity index (χ3n) is 1.95. The van der Waals surface area contributed by atoms with Crippen molar-refractivity contribution >= 4 is 12.6 Å². The molecule has 3 N–H and O–H groups in total. The maximum absolute atomic E-state index is 12.8. The van der Waals surface area contributed by atoms with Gasteiger partial charge in [-0.05, 0) is 37.0 Å². The maximum Gasteiger partial charge on any atom is 0.488 e. The molecule has 3 nitrogen and oxygen atoms in total. The molecule has 14 heavy (non-hydrogen) atoms. The summed E-state index contributed by atoms with van der Waals surface area (Å²) in [6.07, 6.45) is 0. The summed E-state index contributed by atoms with van der Waals surface area (Å²) in [4.78, 5) is 0. The van der Waals surface area contributed by atoms with Crippen molar-refractivity contribution in [3.8, 4) is 0 Å². The second-order valence-corrected chi connectivity index (χ2v) is 3.66. The molecule has 5 heteroatoms. The van der Waals surface area contributed by atoms with E-state index in [0.717, 1.165) is 6.07 Å². The molecule has 0 heterocycles. The van der Waals surface area contributed by atoms with E-state index in [-0.39, 0.29) is 5.46 Å². The predicted octanol–water partition coefficient (Wildman–Crippen LogP) is -0.267. The van der Waals surface area contributed by atoms with Crippen LogP contribution in [0.1, 0.15) is 19.4 Å². The molecule has 0 spiro atoms. The molecule has 76 valence electrons. The van der Waals surface area contributed by atoms with Crippen LogP contribution in [-0.4, -0.2) is 22.3 Å². The van der Waals surface area contributed by atoms with Gasteiger partial charge in [-0.15, -0.1) is 0 Å². The molecule has 0 aliphatic rings. The summed E-state index contributed by atoms with van der Waals surface area (Å²) in [6, 6.07) is 3.50. The number of hydrogen-bond donors (Lipinski definition) is 3. The molecule has 1 aromatic carbocycles. The summed E-state index contributed by atoms with van der Waals surface area (Å²) in [6.45, 7) is 2.98.